The molecule has 2 aromatic carbocycles. The van der Waals surface area contributed by atoms with Crippen LogP contribution in [0.4, 0.5) is 10.1 Å². The molecule has 0 saturated heterocycles. The van der Waals surface area contributed by atoms with Gasteiger partial charge in [0.2, 0.25) is 0 Å². The second-order valence-electron chi connectivity index (χ2n) is 4.82. The third-order valence-electron chi connectivity index (χ3n) is 3.10. The van der Waals surface area contributed by atoms with E-state index in [9.17, 15) is 9.18 Å². The molecule has 0 aliphatic rings. The fourth-order valence-electron chi connectivity index (χ4n) is 2.01. The van der Waals surface area contributed by atoms with Crippen LogP contribution in [0.3, 0.4) is 0 Å². The maximum atomic E-state index is 13.1. The Morgan fingerprint density at radius 3 is 2.48 bits per heavy atom. The maximum Gasteiger partial charge on any atom is 0.323 e. The fraction of sp³-hybridized carbons (Fsp3) is 0.188. The Morgan fingerprint density at radius 1 is 1.24 bits per heavy atom. The van der Waals surface area contributed by atoms with E-state index in [1.807, 2.05) is 31.2 Å². The Bertz CT molecular complexity index is 643. The molecule has 3 nitrogen and oxygen atoms in total. The van der Waals surface area contributed by atoms with Gasteiger partial charge in [-0.25, -0.2) is 4.39 Å². The number of hydrogen-bond acceptors (Lipinski definition) is 2. The summed E-state index contributed by atoms with van der Waals surface area (Å²) < 4.78 is 13.1. The highest BCUT2D eigenvalue weighted by molar-refractivity contribution is 6.31. The second kappa shape index (κ2) is 6.59. The monoisotopic (exact) mass is 307 g/mol. The fourth-order valence-corrected chi connectivity index (χ4v) is 2.24. The van der Waals surface area contributed by atoms with Crippen molar-refractivity contribution in [3.63, 3.8) is 0 Å². The summed E-state index contributed by atoms with van der Waals surface area (Å²) in [6.45, 7) is 2.10. The molecule has 0 spiro atoms. The van der Waals surface area contributed by atoms with Gasteiger partial charge in [0.1, 0.15) is 12.4 Å². The molecule has 0 amide bonds. The molecule has 5 heteroatoms. The number of carboxylic acid groups (broad SMARTS) is 1. The van der Waals surface area contributed by atoms with E-state index in [1.165, 1.54) is 12.1 Å². The van der Waals surface area contributed by atoms with Crippen molar-refractivity contribution in [2.45, 2.75) is 13.5 Å². The molecule has 0 bridgehead atoms. The van der Waals surface area contributed by atoms with E-state index in [1.54, 1.807) is 11.0 Å². The summed E-state index contributed by atoms with van der Waals surface area (Å²) in [5.41, 5.74) is 2.55. The van der Waals surface area contributed by atoms with Crippen LogP contribution < -0.4 is 4.90 Å². The molecular weight excluding hydrogens is 293 g/mol. The van der Waals surface area contributed by atoms with Crippen molar-refractivity contribution in [1.29, 1.82) is 0 Å². The van der Waals surface area contributed by atoms with E-state index < -0.39 is 11.8 Å². The Labute approximate surface area is 127 Å². The van der Waals surface area contributed by atoms with Crippen LogP contribution in [0, 0.1) is 12.7 Å². The summed E-state index contributed by atoms with van der Waals surface area (Å²) in [5, 5.41) is 9.35. The highest BCUT2D eigenvalue weighted by Gasteiger charge is 2.13. The topological polar surface area (TPSA) is 40.5 Å². The zero-order valence-corrected chi connectivity index (χ0v) is 12.3. The zero-order chi connectivity index (χ0) is 15.4. The summed E-state index contributed by atoms with van der Waals surface area (Å²) in [7, 11) is 0. The number of aliphatic carboxylic acids is 1. The van der Waals surface area contributed by atoms with Gasteiger partial charge in [-0.15, -0.1) is 0 Å². The summed E-state index contributed by atoms with van der Waals surface area (Å²) >= 11 is 6.01. The number of halogens is 2. The Hall–Kier alpha value is -2.07. The van der Waals surface area contributed by atoms with Gasteiger partial charge in [0.15, 0.2) is 0 Å². The molecule has 0 fully saturated rings. The van der Waals surface area contributed by atoms with E-state index in [0.29, 0.717) is 12.1 Å². The first kappa shape index (κ1) is 15.3. The zero-order valence-electron chi connectivity index (χ0n) is 11.5. The third-order valence-corrected chi connectivity index (χ3v) is 3.45. The van der Waals surface area contributed by atoms with Gasteiger partial charge in [0.25, 0.3) is 0 Å². The summed E-state index contributed by atoms with van der Waals surface area (Å²) in [4.78, 5) is 12.7. The van der Waals surface area contributed by atoms with Gasteiger partial charge >= 0.3 is 5.97 Å². The largest absolute Gasteiger partial charge is 0.480 e. The Morgan fingerprint density at radius 2 is 1.90 bits per heavy atom. The molecule has 0 atom stereocenters. The number of benzene rings is 2. The quantitative estimate of drug-likeness (QED) is 0.911. The molecule has 0 unspecified atom stereocenters. The van der Waals surface area contributed by atoms with Crippen LogP contribution in [0.1, 0.15) is 11.1 Å². The molecule has 110 valence electrons. The molecule has 1 N–H and O–H groups in total. The smallest absolute Gasteiger partial charge is 0.323 e. The van der Waals surface area contributed by atoms with Crippen LogP contribution in [0.5, 0.6) is 0 Å². The predicted molar refractivity (Wildman–Crippen MR) is 81.3 cm³/mol. The Kier molecular flexibility index (Phi) is 4.81. The van der Waals surface area contributed by atoms with E-state index in [0.717, 1.165) is 11.3 Å². The number of carboxylic acids is 1. The SMILES string of the molecule is Cc1ccc(N(CC(=O)O)Cc2ccc(F)cc2Cl)cc1. The first-order valence-corrected chi connectivity index (χ1v) is 6.81. The molecule has 2 rings (SSSR count). The van der Waals surface area contributed by atoms with Crippen LogP contribution in [0.2, 0.25) is 5.02 Å². The number of anilines is 1. The highest BCUT2D eigenvalue weighted by Crippen LogP contribution is 2.23. The molecule has 0 aromatic heterocycles. The van der Waals surface area contributed by atoms with Gasteiger partial charge in [0, 0.05) is 17.3 Å². The van der Waals surface area contributed by atoms with E-state index >= 15 is 0 Å². The Balaban J connectivity index is 2.27. The number of rotatable bonds is 5. The van der Waals surface area contributed by atoms with Crippen LogP contribution in [-0.4, -0.2) is 17.6 Å². The van der Waals surface area contributed by atoms with Crippen molar-refractivity contribution in [2.75, 3.05) is 11.4 Å². The standard InChI is InChI=1S/C16H15ClFNO2/c1-11-2-6-14(7-3-11)19(10-16(20)21)9-12-4-5-13(18)8-15(12)17/h2-8H,9-10H2,1H3,(H,20,21). The van der Waals surface area contributed by atoms with Crippen molar-refractivity contribution in [3.8, 4) is 0 Å². The van der Waals surface area contributed by atoms with Crippen molar-refractivity contribution >= 4 is 23.3 Å². The number of nitrogens with zero attached hydrogens (tertiary/aromatic N) is 1. The van der Waals surface area contributed by atoms with Crippen LogP contribution in [-0.2, 0) is 11.3 Å². The molecule has 0 aliphatic carbocycles. The molecule has 0 heterocycles. The summed E-state index contributed by atoms with van der Waals surface area (Å²) in [6.07, 6.45) is 0. The average molecular weight is 308 g/mol. The van der Waals surface area contributed by atoms with Crippen molar-refractivity contribution in [3.05, 3.63) is 64.4 Å². The lowest BCUT2D eigenvalue weighted by molar-refractivity contribution is -0.135. The lowest BCUT2D eigenvalue weighted by atomic mass is 10.1. The first-order valence-electron chi connectivity index (χ1n) is 6.43. The number of carbonyl (C=O) groups is 1. The molecule has 0 radical (unpaired) electrons. The van der Waals surface area contributed by atoms with Gasteiger partial charge in [-0.1, -0.05) is 35.4 Å². The van der Waals surface area contributed by atoms with Gasteiger partial charge < -0.3 is 10.0 Å². The normalized spacial score (nSPS) is 10.4. The molecule has 0 saturated carbocycles. The average Bonchev–Trinajstić information content (AvgIpc) is 2.41. The highest BCUT2D eigenvalue weighted by atomic mass is 35.5. The third kappa shape index (κ3) is 4.20. The lowest BCUT2D eigenvalue weighted by Gasteiger charge is -2.23. The lowest BCUT2D eigenvalue weighted by Crippen LogP contribution is -2.29. The van der Waals surface area contributed by atoms with Gasteiger partial charge in [-0.3, -0.25) is 4.79 Å². The van der Waals surface area contributed by atoms with E-state index in [2.05, 4.69) is 0 Å². The van der Waals surface area contributed by atoms with E-state index in [4.69, 9.17) is 16.7 Å². The number of aryl methyl sites for hydroxylation is 1. The van der Waals surface area contributed by atoms with E-state index in [-0.39, 0.29) is 11.6 Å². The van der Waals surface area contributed by atoms with Crippen LogP contribution in [0.25, 0.3) is 0 Å². The molecular formula is C16H15ClFNO2. The first-order chi connectivity index (χ1) is 9.95. The van der Waals surface area contributed by atoms with Gasteiger partial charge in [-0.2, -0.15) is 0 Å². The maximum absolute atomic E-state index is 13.1. The minimum Gasteiger partial charge on any atom is -0.480 e. The van der Waals surface area contributed by atoms with Crippen molar-refractivity contribution < 1.29 is 14.3 Å². The van der Waals surface area contributed by atoms with Gasteiger partial charge in [0.05, 0.1) is 0 Å². The summed E-state index contributed by atoms with van der Waals surface area (Å²) in [6, 6.07) is 11.7. The van der Waals surface area contributed by atoms with Crippen LogP contribution >= 0.6 is 11.6 Å². The second-order valence-corrected chi connectivity index (χ2v) is 5.23. The van der Waals surface area contributed by atoms with Crippen molar-refractivity contribution in [2.24, 2.45) is 0 Å². The minimum absolute atomic E-state index is 0.156. The minimum atomic E-state index is -0.936. The molecule has 2 aromatic rings. The van der Waals surface area contributed by atoms with Crippen LogP contribution in [0.15, 0.2) is 42.5 Å². The number of hydrogen-bond donors (Lipinski definition) is 1. The molecule has 21 heavy (non-hydrogen) atoms. The predicted octanol–water partition coefficient (Wildman–Crippen LogP) is 3.88. The summed E-state index contributed by atoms with van der Waals surface area (Å²) in [5.74, 6) is -1.35. The van der Waals surface area contributed by atoms with Crippen molar-refractivity contribution in [1.82, 2.24) is 0 Å². The van der Waals surface area contributed by atoms with Gasteiger partial charge in [-0.05, 0) is 36.8 Å². The molecule has 0 aliphatic heterocycles.